The molecule has 0 bridgehead atoms. The highest BCUT2D eigenvalue weighted by Gasteiger charge is 2.47. The first kappa shape index (κ1) is 28.9. The minimum Gasteiger partial charge on any atom is -0.267 e. The van der Waals surface area contributed by atoms with Gasteiger partial charge >= 0.3 is 7.15 Å². The van der Waals surface area contributed by atoms with Crippen LogP contribution >= 0.6 is 19.4 Å². The fourth-order valence-electron chi connectivity index (χ4n) is 4.17. The van der Waals surface area contributed by atoms with E-state index in [1.54, 1.807) is 0 Å². The quantitative estimate of drug-likeness (QED) is 0.147. The molecule has 0 unspecified atom stereocenters. The number of rotatable bonds is 15. The molecular weight excluding hydrogens is 466 g/mol. The Morgan fingerprint density at radius 3 is 1.32 bits per heavy atom. The molecule has 0 fully saturated rings. The molecule has 3 nitrogen and oxygen atoms in total. The van der Waals surface area contributed by atoms with Gasteiger partial charge in [0, 0.05) is 4.53 Å². The normalized spacial score (nSPS) is 12.6. The molecule has 0 N–H and O–H groups in total. The Bertz CT molecular complexity index is 785. The topological polar surface area (TPSA) is 27.7 Å². The SMILES string of the molecule is CCCCCC(C)(C)c1ccc(O[P+](S)(OF)Oc2ccc(C(C)(C)CCCCC)cc2)cc1. The van der Waals surface area contributed by atoms with Crippen molar-refractivity contribution in [2.45, 2.75) is 104 Å². The van der Waals surface area contributed by atoms with Crippen LogP contribution in [0.1, 0.15) is 104 Å². The summed E-state index contributed by atoms with van der Waals surface area (Å²) in [6.07, 6.45) is 9.52. The molecule has 0 saturated carbocycles. The molecule has 34 heavy (non-hydrogen) atoms. The zero-order valence-electron chi connectivity index (χ0n) is 21.8. The number of unbranched alkanes of at least 4 members (excludes halogenated alkanes) is 4. The molecule has 0 saturated heterocycles. The maximum absolute atomic E-state index is 13.5. The number of benzene rings is 2. The highest BCUT2D eigenvalue weighted by molar-refractivity contribution is 8.47. The van der Waals surface area contributed by atoms with Crippen LogP contribution in [-0.4, -0.2) is 0 Å². The van der Waals surface area contributed by atoms with E-state index in [1.807, 2.05) is 48.5 Å². The lowest BCUT2D eigenvalue weighted by atomic mass is 9.80. The van der Waals surface area contributed by atoms with Gasteiger partial charge in [-0.05, 0) is 59.1 Å². The van der Waals surface area contributed by atoms with Gasteiger partial charge in [-0.1, -0.05) is 104 Å². The summed E-state index contributed by atoms with van der Waals surface area (Å²) in [5.41, 5.74) is 2.58. The van der Waals surface area contributed by atoms with Gasteiger partial charge in [0.1, 0.15) is 12.2 Å². The molecule has 0 amide bonds. The molecule has 2 rings (SSSR count). The largest absolute Gasteiger partial charge is 0.602 e. The summed E-state index contributed by atoms with van der Waals surface area (Å²) in [5.74, 6) is 0.922. The average molecular weight is 510 g/mol. The second-order valence-electron chi connectivity index (χ2n) is 10.5. The zero-order valence-corrected chi connectivity index (χ0v) is 23.6. The van der Waals surface area contributed by atoms with E-state index in [0.717, 1.165) is 12.8 Å². The van der Waals surface area contributed by atoms with E-state index in [2.05, 4.69) is 58.5 Å². The van der Waals surface area contributed by atoms with E-state index >= 15 is 0 Å². The van der Waals surface area contributed by atoms with Crippen LogP contribution in [0.2, 0.25) is 0 Å². The van der Waals surface area contributed by atoms with Crippen molar-refractivity contribution in [2.75, 3.05) is 0 Å². The van der Waals surface area contributed by atoms with E-state index in [9.17, 15) is 4.53 Å². The molecule has 2 aromatic rings. The standard InChI is InChI=1S/C28H43FO3PS/c1-7-9-11-21-27(3,4)23-13-17-25(18-14-23)30-33(34,32-29)31-26-19-15-24(16-20-26)28(5,6)22-12-10-8-2/h13-20,34H,7-12,21-22H2,1-6H3/q+1. The van der Waals surface area contributed by atoms with Crippen LogP contribution < -0.4 is 9.05 Å². The Labute approximate surface area is 212 Å². The van der Waals surface area contributed by atoms with Crippen molar-refractivity contribution < 1.29 is 18.3 Å². The molecule has 6 heteroatoms. The zero-order chi connectivity index (χ0) is 25.2. The lowest BCUT2D eigenvalue weighted by molar-refractivity contribution is -0.0187. The molecular formula is C28H43FO3PS+. The molecule has 0 aliphatic rings. The third kappa shape index (κ3) is 8.73. The predicted molar refractivity (Wildman–Crippen MR) is 147 cm³/mol. The summed E-state index contributed by atoms with van der Waals surface area (Å²) in [6.45, 7) is 13.4. The first-order chi connectivity index (χ1) is 16.0. The maximum Gasteiger partial charge on any atom is 0.602 e. The van der Waals surface area contributed by atoms with Crippen LogP contribution in [0.5, 0.6) is 11.5 Å². The third-order valence-electron chi connectivity index (χ3n) is 6.61. The second-order valence-corrected chi connectivity index (χ2v) is 13.4. The van der Waals surface area contributed by atoms with Crippen LogP contribution in [0, 0.1) is 0 Å². The highest BCUT2D eigenvalue weighted by atomic mass is 32.7. The number of halogens is 1. The number of hydrogen-bond donors (Lipinski definition) is 1. The van der Waals surface area contributed by atoms with E-state index in [1.165, 1.54) is 49.7 Å². The lowest BCUT2D eigenvalue weighted by Crippen LogP contribution is -2.17. The van der Waals surface area contributed by atoms with Gasteiger partial charge in [0.15, 0.2) is 11.5 Å². The Balaban J connectivity index is 2.03. The third-order valence-corrected chi connectivity index (χ3v) is 8.34. The summed E-state index contributed by atoms with van der Waals surface area (Å²) < 4.78 is 29.1. The minimum atomic E-state index is -3.52. The molecule has 0 heterocycles. The average Bonchev–Trinajstić information content (AvgIpc) is 2.80. The van der Waals surface area contributed by atoms with E-state index in [4.69, 9.17) is 9.05 Å². The van der Waals surface area contributed by atoms with E-state index in [0.29, 0.717) is 11.5 Å². The van der Waals surface area contributed by atoms with Crippen LogP contribution in [0.3, 0.4) is 0 Å². The van der Waals surface area contributed by atoms with Gasteiger partial charge < -0.3 is 0 Å². The summed E-state index contributed by atoms with van der Waals surface area (Å²) >= 11 is 4.29. The van der Waals surface area contributed by atoms with Crippen molar-refractivity contribution in [1.82, 2.24) is 0 Å². The maximum atomic E-state index is 13.5. The van der Waals surface area contributed by atoms with Crippen LogP contribution in [0.25, 0.3) is 0 Å². The summed E-state index contributed by atoms with van der Waals surface area (Å²) in [5, 5.41) is 0. The molecule has 0 aliphatic carbocycles. The molecule has 0 radical (unpaired) electrons. The lowest BCUT2D eigenvalue weighted by Gasteiger charge is -2.25. The molecule has 0 aliphatic heterocycles. The molecule has 0 atom stereocenters. The summed E-state index contributed by atoms with van der Waals surface area (Å²) in [7, 11) is -3.52. The first-order valence-electron chi connectivity index (χ1n) is 12.6. The molecule has 190 valence electrons. The monoisotopic (exact) mass is 509 g/mol. The summed E-state index contributed by atoms with van der Waals surface area (Å²) in [6, 6.07) is 15.4. The fraction of sp³-hybridized carbons (Fsp3) is 0.571. The molecule has 2 aromatic carbocycles. The van der Waals surface area contributed by atoms with Gasteiger partial charge in [-0.2, -0.15) is 0 Å². The van der Waals surface area contributed by atoms with Gasteiger partial charge in [0.2, 0.25) is 0 Å². The smallest absolute Gasteiger partial charge is 0.267 e. The number of thiol groups is 1. The van der Waals surface area contributed by atoms with Crippen LogP contribution in [0.15, 0.2) is 48.5 Å². The van der Waals surface area contributed by atoms with Gasteiger partial charge in [-0.3, -0.25) is 9.05 Å². The van der Waals surface area contributed by atoms with Gasteiger partial charge in [-0.25, -0.2) is 0 Å². The predicted octanol–water partition coefficient (Wildman–Crippen LogP) is 10.4. The van der Waals surface area contributed by atoms with Crippen molar-refractivity contribution in [3.63, 3.8) is 0 Å². The molecule has 0 spiro atoms. The van der Waals surface area contributed by atoms with Crippen LogP contribution in [0.4, 0.5) is 4.53 Å². The van der Waals surface area contributed by atoms with Gasteiger partial charge in [0.05, 0.1) is 4.73 Å². The van der Waals surface area contributed by atoms with Crippen molar-refractivity contribution in [3.8, 4) is 11.5 Å². The minimum absolute atomic E-state index is 0.0695. The van der Waals surface area contributed by atoms with Crippen LogP contribution in [-0.2, 0) is 15.6 Å². The highest BCUT2D eigenvalue weighted by Crippen LogP contribution is 2.65. The van der Waals surface area contributed by atoms with Gasteiger partial charge in [0.25, 0.3) is 0 Å². The van der Waals surface area contributed by atoms with Gasteiger partial charge in [-0.15, -0.1) is 0 Å². The fourth-order valence-corrected chi connectivity index (χ4v) is 5.61. The Kier molecular flexibility index (Phi) is 11.2. The summed E-state index contributed by atoms with van der Waals surface area (Å²) in [4.78, 5) is 0. The Hall–Kier alpha value is -1.29. The number of hydrogen-bond acceptors (Lipinski definition) is 4. The van der Waals surface area contributed by atoms with Crippen molar-refractivity contribution in [1.29, 1.82) is 0 Å². The Morgan fingerprint density at radius 2 is 1.03 bits per heavy atom. The molecule has 0 aromatic heterocycles. The van der Waals surface area contributed by atoms with E-state index in [-0.39, 0.29) is 10.8 Å². The Morgan fingerprint density at radius 1 is 0.676 bits per heavy atom. The van der Waals surface area contributed by atoms with Crippen molar-refractivity contribution in [3.05, 3.63) is 59.7 Å². The first-order valence-corrected chi connectivity index (χ1v) is 15.3. The second kappa shape index (κ2) is 13.1. The van der Waals surface area contributed by atoms with Crippen molar-refractivity contribution >= 4 is 19.4 Å². The van der Waals surface area contributed by atoms with E-state index < -0.39 is 7.15 Å². The van der Waals surface area contributed by atoms with Crippen molar-refractivity contribution in [2.24, 2.45) is 0 Å².